The van der Waals surface area contributed by atoms with Gasteiger partial charge in [0.15, 0.2) is 5.82 Å². The van der Waals surface area contributed by atoms with E-state index < -0.39 is 5.41 Å². The second-order valence-electron chi connectivity index (χ2n) is 10.5. The summed E-state index contributed by atoms with van der Waals surface area (Å²) in [7, 11) is 0. The van der Waals surface area contributed by atoms with Gasteiger partial charge in [-0.2, -0.15) is 0 Å². The molecule has 0 saturated carbocycles. The molecule has 8 rings (SSSR count). The number of hydrogen-bond acceptors (Lipinski definition) is 2. The van der Waals surface area contributed by atoms with Crippen LogP contribution < -0.4 is 0 Å². The highest BCUT2D eigenvalue weighted by molar-refractivity contribution is 6.00. The summed E-state index contributed by atoms with van der Waals surface area (Å²) in [5.74, 6) is 0.735. The highest BCUT2D eigenvalue weighted by atomic mass is 14.9. The molecule has 0 unspecified atom stereocenters. The maximum Gasteiger partial charge on any atom is 0.160 e. The topological polar surface area (TPSA) is 25.8 Å². The van der Waals surface area contributed by atoms with Crippen LogP contribution in [-0.2, 0) is 5.41 Å². The van der Waals surface area contributed by atoms with Gasteiger partial charge in [-0.25, -0.2) is 9.97 Å². The number of nitrogens with zero attached hydrogens (tertiary/aromatic N) is 2. The van der Waals surface area contributed by atoms with E-state index in [1.165, 1.54) is 27.5 Å². The van der Waals surface area contributed by atoms with Crippen LogP contribution in [0.15, 0.2) is 158 Å². The zero-order chi connectivity index (χ0) is 27.2. The highest BCUT2D eigenvalue weighted by Gasteiger charge is 2.49. The van der Waals surface area contributed by atoms with E-state index in [4.69, 9.17) is 9.97 Å². The molecule has 0 N–H and O–H groups in total. The first kappa shape index (κ1) is 23.5. The average molecular weight is 523 g/mol. The van der Waals surface area contributed by atoms with Gasteiger partial charge in [-0.15, -0.1) is 0 Å². The lowest BCUT2D eigenvalue weighted by Gasteiger charge is -2.34. The van der Waals surface area contributed by atoms with Crippen molar-refractivity contribution >= 4 is 10.8 Å². The Kier molecular flexibility index (Phi) is 5.39. The molecule has 1 heterocycles. The molecule has 0 spiro atoms. The molecule has 1 aromatic heterocycles. The summed E-state index contributed by atoms with van der Waals surface area (Å²) in [5, 5.41) is 2.38. The second kappa shape index (κ2) is 9.39. The maximum absolute atomic E-state index is 5.45. The molecule has 7 aromatic rings. The number of aromatic nitrogens is 2. The third-order valence-corrected chi connectivity index (χ3v) is 8.36. The predicted octanol–water partition coefficient (Wildman–Crippen LogP) is 9.33. The normalized spacial score (nSPS) is 13.1. The van der Waals surface area contributed by atoms with Crippen LogP contribution in [0, 0.1) is 0 Å². The summed E-state index contributed by atoms with van der Waals surface area (Å²) >= 11 is 0. The van der Waals surface area contributed by atoms with Crippen molar-refractivity contribution in [3.8, 4) is 33.9 Å². The highest BCUT2D eigenvalue weighted by Crippen LogP contribution is 2.58. The van der Waals surface area contributed by atoms with Gasteiger partial charge in [0, 0.05) is 22.3 Å². The molecule has 1 aliphatic carbocycles. The molecule has 0 saturated heterocycles. The van der Waals surface area contributed by atoms with Gasteiger partial charge in [0.2, 0.25) is 0 Å². The molecule has 0 amide bonds. The Labute approximate surface area is 239 Å². The van der Waals surface area contributed by atoms with E-state index in [2.05, 4.69) is 152 Å². The molecule has 0 aliphatic heterocycles. The van der Waals surface area contributed by atoms with Crippen LogP contribution in [0.3, 0.4) is 0 Å². The number of hydrogen-bond donors (Lipinski definition) is 0. The van der Waals surface area contributed by atoms with Gasteiger partial charge in [0.1, 0.15) is 0 Å². The first-order chi connectivity index (χ1) is 20.4. The van der Waals surface area contributed by atoms with Crippen molar-refractivity contribution in [3.63, 3.8) is 0 Å². The second-order valence-corrected chi connectivity index (χ2v) is 10.5. The van der Waals surface area contributed by atoms with E-state index in [1.54, 1.807) is 0 Å². The van der Waals surface area contributed by atoms with Crippen molar-refractivity contribution in [1.82, 2.24) is 9.97 Å². The molecule has 0 atom stereocenters. The standard InChI is InChI=1S/C39H26N2/c1-4-16-28(17-5-1)38-40-36(32-25-14-18-27-15-10-11-23-31(27)32)35-37(41-38)33-24-12-13-26-34(33)39(35,29-19-6-2-7-20-29)30-21-8-3-9-22-30/h1-26H. The zero-order valence-corrected chi connectivity index (χ0v) is 22.4. The minimum atomic E-state index is -0.587. The number of fused-ring (bicyclic) bond motifs is 4. The van der Waals surface area contributed by atoms with Gasteiger partial charge in [-0.3, -0.25) is 0 Å². The van der Waals surface area contributed by atoms with Crippen molar-refractivity contribution in [2.45, 2.75) is 5.41 Å². The fraction of sp³-hybridized carbons (Fsp3) is 0.0256. The van der Waals surface area contributed by atoms with E-state index in [1.807, 2.05) is 6.07 Å². The molecular weight excluding hydrogens is 496 g/mol. The molecule has 0 radical (unpaired) electrons. The molecule has 192 valence electrons. The summed E-state index contributed by atoms with van der Waals surface area (Å²) in [6.07, 6.45) is 0. The van der Waals surface area contributed by atoms with E-state index >= 15 is 0 Å². The minimum Gasteiger partial charge on any atom is -0.228 e. The Bertz CT molecular complexity index is 1990. The van der Waals surface area contributed by atoms with E-state index in [0.717, 1.165) is 39.5 Å². The van der Waals surface area contributed by atoms with Crippen molar-refractivity contribution in [1.29, 1.82) is 0 Å². The fourth-order valence-corrected chi connectivity index (χ4v) is 6.65. The minimum absolute atomic E-state index is 0.587. The monoisotopic (exact) mass is 522 g/mol. The SMILES string of the molecule is c1ccc(-c2nc3c(c(-c4cccc5ccccc45)n2)C(c2ccccc2)(c2ccccc2)c2ccccc2-3)cc1. The average Bonchev–Trinajstić information content (AvgIpc) is 3.36. The predicted molar refractivity (Wildman–Crippen MR) is 168 cm³/mol. The third kappa shape index (κ3) is 3.51. The first-order valence-electron chi connectivity index (χ1n) is 14.0. The fourth-order valence-electron chi connectivity index (χ4n) is 6.65. The smallest absolute Gasteiger partial charge is 0.160 e. The maximum atomic E-state index is 5.45. The van der Waals surface area contributed by atoms with Gasteiger partial charge in [0.05, 0.1) is 16.8 Å². The van der Waals surface area contributed by atoms with Crippen molar-refractivity contribution in [2.24, 2.45) is 0 Å². The van der Waals surface area contributed by atoms with E-state index in [9.17, 15) is 0 Å². The Hall–Kier alpha value is -5.34. The lowest BCUT2D eigenvalue weighted by atomic mass is 9.67. The van der Waals surface area contributed by atoms with Crippen LogP contribution >= 0.6 is 0 Å². The zero-order valence-electron chi connectivity index (χ0n) is 22.4. The summed E-state index contributed by atoms with van der Waals surface area (Å²) in [6, 6.07) is 55.9. The Morgan fingerprint density at radius 3 is 1.63 bits per heavy atom. The Balaban J connectivity index is 1.59. The number of rotatable bonds is 4. The van der Waals surface area contributed by atoms with Crippen LogP contribution in [0.4, 0.5) is 0 Å². The van der Waals surface area contributed by atoms with Gasteiger partial charge in [-0.1, -0.05) is 158 Å². The van der Waals surface area contributed by atoms with Gasteiger partial charge < -0.3 is 0 Å². The van der Waals surface area contributed by atoms with Gasteiger partial charge in [-0.05, 0) is 27.5 Å². The molecule has 41 heavy (non-hydrogen) atoms. The lowest BCUT2D eigenvalue weighted by Crippen LogP contribution is -2.29. The third-order valence-electron chi connectivity index (χ3n) is 8.36. The van der Waals surface area contributed by atoms with Crippen molar-refractivity contribution in [2.75, 3.05) is 0 Å². The molecule has 0 bridgehead atoms. The van der Waals surface area contributed by atoms with E-state index in [0.29, 0.717) is 0 Å². The summed E-state index contributed by atoms with van der Waals surface area (Å²) in [4.78, 5) is 10.8. The summed E-state index contributed by atoms with van der Waals surface area (Å²) in [6.45, 7) is 0. The van der Waals surface area contributed by atoms with Crippen LogP contribution in [0.1, 0.15) is 22.3 Å². The van der Waals surface area contributed by atoms with Gasteiger partial charge in [0.25, 0.3) is 0 Å². The molecular formula is C39H26N2. The quantitative estimate of drug-likeness (QED) is 0.230. The Morgan fingerprint density at radius 1 is 0.415 bits per heavy atom. The molecule has 2 nitrogen and oxygen atoms in total. The molecule has 2 heteroatoms. The van der Waals surface area contributed by atoms with Crippen LogP contribution in [0.2, 0.25) is 0 Å². The summed E-state index contributed by atoms with van der Waals surface area (Å²) in [5.41, 5.74) is 9.41. The first-order valence-corrected chi connectivity index (χ1v) is 14.0. The lowest BCUT2D eigenvalue weighted by molar-refractivity contribution is 0.764. The number of benzene rings is 6. The van der Waals surface area contributed by atoms with Crippen molar-refractivity contribution in [3.05, 3.63) is 180 Å². The molecule has 6 aromatic carbocycles. The van der Waals surface area contributed by atoms with Crippen LogP contribution in [-0.4, -0.2) is 9.97 Å². The largest absolute Gasteiger partial charge is 0.228 e. The van der Waals surface area contributed by atoms with Gasteiger partial charge >= 0.3 is 0 Å². The van der Waals surface area contributed by atoms with E-state index in [-0.39, 0.29) is 0 Å². The van der Waals surface area contributed by atoms with Crippen LogP contribution in [0.25, 0.3) is 44.7 Å². The van der Waals surface area contributed by atoms with Crippen LogP contribution in [0.5, 0.6) is 0 Å². The summed E-state index contributed by atoms with van der Waals surface area (Å²) < 4.78 is 0. The molecule has 1 aliphatic rings. The Morgan fingerprint density at radius 2 is 0.927 bits per heavy atom. The van der Waals surface area contributed by atoms with Crippen molar-refractivity contribution < 1.29 is 0 Å². The molecule has 0 fully saturated rings.